The minimum Gasteiger partial charge on any atom is -0.341 e. The van der Waals surface area contributed by atoms with E-state index < -0.39 is 0 Å². The van der Waals surface area contributed by atoms with Gasteiger partial charge in [-0.1, -0.05) is 6.07 Å². The van der Waals surface area contributed by atoms with Crippen molar-refractivity contribution in [1.29, 1.82) is 0 Å². The SMILES string of the molecule is CN(Cc1ccc2nsnc2c1)C(=O)CCn1cnnc1. The summed E-state index contributed by atoms with van der Waals surface area (Å²) in [6.07, 6.45) is 3.64. The van der Waals surface area contributed by atoms with Crippen LogP contribution in [0.1, 0.15) is 12.0 Å². The number of fused-ring (bicyclic) bond motifs is 1. The molecule has 108 valence electrons. The maximum absolute atomic E-state index is 12.1. The van der Waals surface area contributed by atoms with Gasteiger partial charge < -0.3 is 9.47 Å². The third-order valence-electron chi connectivity index (χ3n) is 3.21. The first kappa shape index (κ1) is 13.6. The predicted octanol–water partition coefficient (Wildman–Crippen LogP) is 1.33. The summed E-state index contributed by atoms with van der Waals surface area (Å²) in [7, 11) is 1.80. The monoisotopic (exact) mass is 302 g/mol. The zero-order chi connectivity index (χ0) is 14.7. The fourth-order valence-corrected chi connectivity index (χ4v) is 2.56. The summed E-state index contributed by atoms with van der Waals surface area (Å²) in [5, 5.41) is 7.43. The van der Waals surface area contributed by atoms with E-state index in [4.69, 9.17) is 0 Å². The minimum atomic E-state index is 0.0835. The van der Waals surface area contributed by atoms with Crippen molar-refractivity contribution < 1.29 is 4.79 Å². The Hall–Kier alpha value is -2.35. The van der Waals surface area contributed by atoms with E-state index in [1.54, 1.807) is 29.2 Å². The Labute approximate surface area is 125 Å². The number of hydrogen-bond donors (Lipinski definition) is 0. The summed E-state index contributed by atoms with van der Waals surface area (Å²) in [6.45, 7) is 1.15. The van der Waals surface area contributed by atoms with Gasteiger partial charge in [0.2, 0.25) is 5.91 Å². The van der Waals surface area contributed by atoms with Crippen LogP contribution in [-0.4, -0.2) is 41.4 Å². The molecule has 3 aromatic rings. The zero-order valence-electron chi connectivity index (χ0n) is 11.5. The highest BCUT2D eigenvalue weighted by atomic mass is 32.1. The molecule has 1 amide bonds. The molecular formula is C13H14N6OS. The highest BCUT2D eigenvalue weighted by Crippen LogP contribution is 2.15. The van der Waals surface area contributed by atoms with Crippen molar-refractivity contribution in [3.05, 3.63) is 36.4 Å². The Morgan fingerprint density at radius 2 is 2.00 bits per heavy atom. The van der Waals surface area contributed by atoms with E-state index in [1.165, 1.54) is 11.7 Å². The first-order valence-electron chi connectivity index (χ1n) is 6.50. The van der Waals surface area contributed by atoms with Crippen LogP contribution in [0.2, 0.25) is 0 Å². The van der Waals surface area contributed by atoms with Gasteiger partial charge in [0, 0.05) is 26.6 Å². The lowest BCUT2D eigenvalue weighted by Gasteiger charge is -2.17. The van der Waals surface area contributed by atoms with Gasteiger partial charge in [0.15, 0.2) is 0 Å². The molecule has 0 atom stereocenters. The average molecular weight is 302 g/mol. The lowest BCUT2D eigenvalue weighted by Crippen LogP contribution is -2.26. The van der Waals surface area contributed by atoms with Crippen LogP contribution in [0.3, 0.4) is 0 Å². The van der Waals surface area contributed by atoms with Gasteiger partial charge >= 0.3 is 0 Å². The number of carbonyl (C=O) groups excluding carboxylic acids is 1. The van der Waals surface area contributed by atoms with Crippen LogP contribution in [0.15, 0.2) is 30.9 Å². The van der Waals surface area contributed by atoms with Gasteiger partial charge in [-0.15, -0.1) is 10.2 Å². The third-order valence-corrected chi connectivity index (χ3v) is 3.77. The molecule has 2 heterocycles. The molecule has 21 heavy (non-hydrogen) atoms. The molecular weight excluding hydrogens is 288 g/mol. The second kappa shape index (κ2) is 5.96. The Bertz CT molecular complexity index is 738. The van der Waals surface area contributed by atoms with Crippen molar-refractivity contribution in [2.75, 3.05) is 7.05 Å². The third kappa shape index (κ3) is 3.22. The lowest BCUT2D eigenvalue weighted by molar-refractivity contribution is -0.130. The maximum atomic E-state index is 12.1. The van der Waals surface area contributed by atoms with E-state index in [1.807, 2.05) is 18.2 Å². The number of hydrogen-bond acceptors (Lipinski definition) is 6. The van der Waals surface area contributed by atoms with Crippen LogP contribution < -0.4 is 0 Å². The highest BCUT2D eigenvalue weighted by Gasteiger charge is 2.10. The quantitative estimate of drug-likeness (QED) is 0.710. The number of benzene rings is 1. The van der Waals surface area contributed by atoms with E-state index in [0.29, 0.717) is 19.5 Å². The predicted molar refractivity (Wildman–Crippen MR) is 78.5 cm³/mol. The number of carbonyl (C=O) groups is 1. The smallest absolute Gasteiger partial charge is 0.224 e. The molecule has 0 aliphatic heterocycles. The maximum Gasteiger partial charge on any atom is 0.224 e. The fourth-order valence-electron chi connectivity index (χ4n) is 2.04. The standard InChI is InChI=1S/C13H14N6OS/c1-18(13(20)4-5-19-8-14-15-9-19)7-10-2-3-11-12(6-10)17-21-16-11/h2-3,6,8-9H,4-5,7H2,1H3. The molecule has 0 aliphatic rings. The molecule has 0 aliphatic carbocycles. The molecule has 1 aromatic carbocycles. The van der Waals surface area contributed by atoms with Gasteiger partial charge in [0.1, 0.15) is 23.7 Å². The number of aryl methyl sites for hydroxylation is 1. The van der Waals surface area contributed by atoms with Gasteiger partial charge in [-0.2, -0.15) is 8.75 Å². The summed E-state index contributed by atoms with van der Waals surface area (Å²) in [4.78, 5) is 13.8. The van der Waals surface area contributed by atoms with Crippen molar-refractivity contribution in [1.82, 2.24) is 28.4 Å². The van der Waals surface area contributed by atoms with Crippen LogP contribution in [0.25, 0.3) is 11.0 Å². The Morgan fingerprint density at radius 3 is 2.81 bits per heavy atom. The van der Waals surface area contributed by atoms with Crippen molar-refractivity contribution in [2.45, 2.75) is 19.5 Å². The van der Waals surface area contributed by atoms with E-state index in [0.717, 1.165) is 16.6 Å². The van der Waals surface area contributed by atoms with Gasteiger partial charge in [-0.05, 0) is 17.7 Å². The van der Waals surface area contributed by atoms with Crippen LogP contribution in [0.4, 0.5) is 0 Å². The largest absolute Gasteiger partial charge is 0.341 e. The lowest BCUT2D eigenvalue weighted by atomic mass is 10.2. The summed E-state index contributed by atoms with van der Waals surface area (Å²) in [5.74, 6) is 0.0835. The summed E-state index contributed by atoms with van der Waals surface area (Å²) >= 11 is 1.20. The van der Waals surface area contributed by atoms with Gasteiger partial charge in [0.25, 0.3) is 0 Å². The molecule has 0 saturated heterocycles. The van der Waals surface area contributed by atoms with Crippen LogP contribution >= 0.6 is 11.7 Å². The molecule has 8 heteroatoms. The molecule has 0 spiro atoms. The van der Waals surface area contributed by atoms with Gasteiger partial charge in [-0.25, -0.2) is 0 Å². The molecule has 2 aromatic heterocycles. The Morgan fingerprint density at radius 1 is 1.24 bits per heavy atom. The summed E-state index contributed by atoms with van der Waals surface area (Å²) < 4.78 is 10.2. The fraction of sp³-hybridized carbons (Fsp3) is 0.308. The molecule has 0 fully saturated rings. The van der Waals surface area contributed by atoms with Crippen molar-refractivity contribution in [2.24, 2.45) is 0 Å². The van der Waals surface area contributed by atoms with E-state index in [-0.39, 0.29) is 5.91 Å². The second-order valence-corrected chi connectivity index (χ2v) is 5.32. The number of amides is 1. The number of aromatic nitrogens is 5. The number of rotatable bonds is 5. The second-order valence-electron chi connectivity index (χ2n) is 4.79. The molecule has 0 radical (unpaired) electrons. The van der Waals surface area contributed by atoms with E-state index >= 15 is 0 Å². The summed E-state index contributed by atoms with van der Waals surface area (Å²) in [6, 6.07) is 5.89. The molecule has 0 N–H and O–H groups in total. The van der Waals surface area contributed by atoms with Crippen molar-refractivity contribution in [3.8, 4) is 0 Å². The minimum absolute atomic E-state index is 0.0835. The summed E-state index contributed by atoms with van der Waals surface area (Å²) in [5.41, 5.74) is 2.82. The molecule has 3 rings (SSSR count). The molecule has 0 bridgehead atoms. The Balaban J connectivity index is 1.59. The normalized spacial score (nSPS) is 10.9. The topological polar surface area (TPSA) is 76.8 Å². The molecule has 0 saturated carbocycles. The first-order valence-corrected chi connectivity index (χ1v) is 7.23. The van der Waals surface area contributed by atoms with Crippen LogP contribution in [0, 0.1) is 0 Å². The number of nitrogens with zero attached hydrogens (tertiary/aromatic N) is 6. The zero-order valence-corrected chi connectivity index (χ0v) is 12.3. The molecule has 7 nitrogen and oxygen atoms in total. The first-order chi connectivity index (χ1) is 10.2. The van der Waals surface area contributed by atoms with Gasteiger partial charge in [-0.3, -0.25) is 4.79 Å². The van der Waals surface area contributed by atoms with E-state index in [2.05, 4.69) is 18.9 Å². The Kier molecular flexibility index (Phi) is 3.87. The molecule has 0 unspecified atom stereocenters. The van der Waals surface area contributed by atoms with Crippen molar-refractivity contribution >= 4 is 28.7 Å². The average Bonchev–Trinajstić information content (AvgIpc) is 3.15. The highest BCUT2D eigenvalue weighted by molar-refractivity contribution is 7.00. The van der Waals surface area contributed by atoms with Gasteiger partial charge in [0.05, 0.1) is 11.7 Å². The van der Waals surface area contributed by atoms with Crippen molar-refractivity contribution in [3.63, 3.8) is 0 Å². The van der Waals surface area contributed by atoms with Crippen LogP contribution in [0.5, 0.6) is 0 Å². The van der Waals surface area contributed by atoms with Crippen LogP contribution in [-0.2, 0) is 17.9 Å². The van der Waals surface area contributed by atoms with E-state index in [9.17, 15) is 4.79 Å².